The van der Waals surface area contributed by atoms with E-state index in [1.54, 1.807) is 0 Å². The Bertz CT molecular complexity index is 829. The predicted molar refractivity (Wildman–Crippen MR) is 94.4 cm³/mol. The van der Waals surface area contributed by atoms with Crippen molar-refractivity contribution in [1.29, 1.82) is 0 Å². The van der Waals surface area contributed by atoms with Crippen LogP contribution in [0.2, 0.25) is 0 Å². The minimum Gasteiger partial charge on any atom is -0.494 e. The van der Waals surface area contributed by atoms with Gasteiger partial charge in [-0.3, -0.25) is 4.79 Å². The predicted octanol–water partition coefficient (Wildman–Crippen LogP) is 5.17. The van der Waals surface area contributed by atoms with E-state index in [4.69, 9.17) is 4.74 Å². The van der Waals surface area contributed by atoms with Gasteiger partial charge in [0.25, 0.3) is 0 Å². The van der Waals surface area contributed by atoms with Crippen molar-refractivity contribution in [2.45, 2.75) is 26.7 Å². The molecule has 0 fully saturated rings. The average molecular weight is 307 g/mol. The van der Waals surface area contributed by atoms with Gasteiger partial charge in [-0.25, -0.2) is 0 Å². The molecule has 1 N–H and O–H groups in total. The SMILES string of the molecule is CCOc1ccc(-c2[nH]c3ccc(C(C)C)cc3c2C=O)cc1. The zero-order valence-corrected chi connectivity index (χ0v) is 13.7. The van der Waals surface area contributed by atoms with Crippen molar-refractivity contribution in [2.24, 2.45) is 0 Å². The molecule has 0 aliphatic rings. The van der Waals surface area contributed by atoms with Gasteiger partial charge in [0, 0.05) is 16.5 Å². The number of carbonyl (C=O) groups excluding carboxylic acids is 1. The van der Waals surface area contributed by atoms with E-state index in [-0.39, 0.29) is 0 Å². The van der Waals surface area contributed by atoms with Crippen LogP contribution in [0.15, 0.2) is 42.5 Å². The molecule has 3 nitrogen and oxygen atoms in total. The third-order valence-corrected chi connectivity index (χ3v) is 4.10. The summed E-state index contributed by atoms with van der Waals surface area (Å²) in [5, 5.41) is 0.982. The molecule has 0 unspecified atom stereocenters. The Morgan fingerprint density at radius 3 is 2.48 bits per heavy atom. The lowest BCUT2D eigenvalue weighted by molar-refractivity contribution is 0.112. The van der Waals surface area contributed by atoms with Crippen molar-refractivity contribution in [3.8, 4) is 17.0 Å². The number of fused-ring (bicyclic) bond motifs is 1. The Kier molecular flexibility index (Phi) is 4.20. The highest BCUT2D eigenvalue weighted by molar-refractivity contribution is 6.04. The number of aromatic amines is 1. The quantitative estimate of drug-likeness (QED) is 0.661. The zero-order chi connectivity index (χ0) is 16.4. The highest BCUT2D eigenvalue weighted by Gasteiger charge is 2.14. The molecule has 23 heavy (non-hydrogen) atoms. The van der Waals surface area contributed by atoms with Crippen molar-refractivity contribution in [3.05, 3.63) is 53.6 Å². The molecule has 1 aromatic heterocycles. The van der Waals surface area contributed by atoms with Gasteiger partial charge in [0.1, 0.15) is 5.75 Å². The molecule has 0 amide bonds. The first kappa shape index (κ1) is 15.3. The number of ether oxygens (including phenoxy) is 1. The lowest BCUT2D eigenvalue weighted by Crippen LogP contribution is -1.91. The normalized spacial score (nSPS) is 11.1. The fourth-order valence-corrected chi connectivity index (χ4v) is 2.82. The van der Waals surface area contributed by atoms with Gasteiger partial charge < -0.3 is 9.72 Å². The summed E-state index contributed by atoms with van der Waals surface area (Å²) >= 11 is 0. The van der Waals surface area contributed by atoms with Crippen LogP contribution in [-0.2, 0) is 0 Å². The van der Waals surface area contributed by atoms with E-state index in [1.807, 2.05) is 31.2 Å². The lowest BCUT2D eigenvalue weighted by atomic mass is 9.99. The fraction of sp³-hybridized carbons (Fsp3) is 0.250. The minimum atomic E-state index is 0.433. The molecule has 0 atom stereocenters. The van der Waals surface area contributed by atoms with Crippen LogP contribution in [0.4, 0.5) is 0 Å². The maximum absolute atomic E-state index is 11.7. The summed E-state index contributed by atoms with van der Waals surface area (Å²) in [6.45, 7) is 6.91. The van der Waals surface area contributed by atoms with Crippen LogP contribution < -0.4 is 4.74 Å². The van der Waals surface area contributed by atoms with Crippen LogP contribution in [0.1, 0.15) is 42.6 Å². The molecule has 0 aliphatic heterocycles. The molecule has 1 heterocycles. The molecule has 0 saturated carbocycles. The first-order valence-corrected chi connectivity index (χ1v) is 7.98. The molecule has 118 valence electrons. The number of hydrogen-bond donors (Lipinski definition) is 1. The lowest BCUT2D eigenvalue weighted by Gasteiger charge is -2.05. The number of aromatic nitrogens is 1. The van der Waals surface area contributed by atoms with Gasteiger partial charge in [0.15, 0.2) is 6.29 Å². The van der Waals surface area contributed by atoms with Crippen LogP contribution in [-0.4, -0.2) is 17.9 Å². The summed E-state index contributed by atoms with van der Waals surface area (Å²) in [4.78, 5) is 15.1. The van der Waals surface area contributed by atoms with Crippen LogP contribution in [0.3, 0.4) is 0 Å². The molecule has 3 aromatic rings. The molecule has 2 aromatic carbocycles. The van der Waals surface area contributed by atoms with Crippen molar-refractivity contribution in [1.82, 2.24) is 4.98 Å². The highest BCUT2D eigenvalue weighted by Crippen LogP contribution is 2.32. The summed E-state index contributed by atoms with van der Waals surface area (Å²) < 4.78 is 5.47. The third-order valence-electron chi connectivity index (χ3n) is 4.10. The van der Waals surface area contributed by atoms with E-state index in [9.17, 15) is 4.79 Å². The van der Waals surface area contributed by atoms with E-state index in [1.165, 1.54) is 5.56 Å². The summed E-state index contributed by atoms with van der Waals surface area (Å²) in [7, 11) is 0. The maximum Gasteiger partial charge on any atom is 0.152 e. The van der Waals surface area contributed by atoms with Crippen LogP contribution in [0.5, 0.6) is 5.75 Å². The number of H-pyrrole nitrogens is 1. The Balaban J connectivity index is 2.11. The molecular formula is C20H21NO2. The Morgan fingerprint density at radius 1 is 1.13 bits per heavy atom. The van der Waals surface area contributed by atoms with Gasteiger partial charge in [0.05, 0.1) is 12.3 Å². The smallest absolute Gasteiger partial charge is 0.152 e. The number of benzene rings is 2. The summed E-state index contributed by atoms with van der Waals surface area (Å²) in [5.41, 5.74) is 4.78. The number of rotatable bonds is 5. The van der Waals surface area contributed by atoms with Crippen molar-refractivity contribution in [3.63, 3.8) is 0 Å². The zero-order valence-electron chi connectivity index (χ0n) is 13.7. The van der Waals surface area contributed by atoms with Gasteiger partial charge >= 0.3 is 0 Å². The molecule has 3 rings (SSSR count). The average Bonchev–Trinajstić information content (AvgIpc) is 2.93. The maximum atomic E-state index is 11.7. The topological polar surface area (TPSA) is 42.1 Å². The number of nitrogens with one attached hydrogen (secondary N) is 1. The van der Waals surface area contributed by atoms with Gasteiger partial charge in [0.2, 0.25) is 0 Å². The second-order valence-corrected chi connectivity index (χ2v) is 5.95. The Morgan fingerprint density at radius 2 is 1.87 bits per heavy atom. The highest BCUT2D eigenvalue weighted by atomic mass is 16.5. The van der Waals surface area contributed by atoms with Crippen molar-refractivity contribution in [2.75, 3.05) is 6.61 Å². The van der Waals surface area contributed by atoms with Gasteiger partial charge in [-0.2, -0.15) is 0 Å². The first-order chi connectivity index (χ1) is 11.1. The summed E-state index contributed by atoms with van der Waals surface area (Å²) in [6.07, 6.45) is 0.939. The van der Waals surface area contributed by atoms with E-state index in [0.717, 1.165) is 34.2 Å². The Hall–Kier alpha value is -2.55. The van der Waals surface area contributed by atoms with Crippen LogP contribution in [0, 0.1) is 0 Å². The van der Waals surface area contributed by atoms with Crippen molar-refractivity contribution >= 4 is 17.2 Å². The van der Waals surface area contributed by atoms with Crippen LogP contribution >= 0.6 is 0 Å². The molecule has 3 heteroatoms. The van der Waals surface area contributed by atoms with Gasteiger partial charge in [-0.05, 0) is 60.4 Å². The van der Waals surface area contributed by atoms with E-state index in [2.05, 4.69) is 37.0 Å². The number of aldehydes is 1. The monoisotopic (exact) mass is 307 g/mol. The summed E-state index contributed by atoms with van der Waals surface area (Å²) in [5.74, 6) is 1.27. The Labute approximate surface area is 136 Å². The second-order valence-electron chi connectivity index (χ2n) is 5.95. The number of carbonyl (C=O) groups is 1. The molecule has 0 saturated heterocycles. The standard InChI is InChI=1S/C20H21NO2/c1-4-23-16-8-5-14(6-9-16)20-18(12-22)17-11-15(13(2)3)7-10-19(17)21-20/h5-13,21H,4H2,1-3H3. The van der Waals surface area contributed by atoms with Crippen molar-refractivity contribution < 1.29 is 9.53 Å². The second kappa shape index (κ2) is 6.29. The number of hydrogen-bond acceptors (Lipinski definition) is 2. The summed E-state index contributed by atoms with van der Waals surface area (Å²) in [6, 6.07) is 14.1. The molecule has 0 spiro atoms. The largest absolute Gasteiger partial charge is 0.494 e. The fourth-order valence-electron chi connectivity index (χ4n) is 2.82. The molecule has 0 radical (unpaired) electrons. The van der Waals surface area contributed by atoms with Gasteiger partial charge in [-0.1, -0.05) is 19.9 Å². The molecular weight excluding hydrogens is 286 g/mol. The first-order valence-electron chi connectivity index (χ1n) is 7.98. The molecule has 0 bridgehead atoms. The van der Waals surface area contributed by atoms with E-state index < -0.39 is 0 Å². The van der Waals surface area contributed by atoms with E-state index in [0.29, 0.717) is 18.1 Å². The van der Waals surface area contributed by atoms with E-state index >= 15 is 0 Å². The van der Waals surface area contributed by atoms with Gasteiger partial charge in [-0.15, -0.1) is 0 Å². The minimum absolute atomic E-state index is 0.433. The third kappa shape index (κ3) is 2.87. The molecule has 0 aliphatic carbocycles. The van der Waals surface area contributed by atoms with Crippen LogP contribution in [0.25, 0.3) is 22.2 Å².